The van der Waals surface area contributed by atoms with Crippen LogP contribution in [-0.4, -0.2) is 5.24 Å². The van der Waals surface area contributed by atoms with Crippen LogP contribution in [0.15, 0.2) is 30.3 Å². The Labute approximate surface area is 104 Å². The fourth-order valence-electron chi connectivity index (χ4n) is 0.569. The van der Waals surface area contributed by atoms with Gasteiger partial charge in [0.15, 0.2) is 0 Å². The molecule has 0 bridgehead atoms. The van der Waals surface area contributed by atoms with Gasteiger partial charge >= 0.3 is 0 Å². The average molecular weight is 260 g/mol. The molecule has 0 spiro atoms. The zero-order valence-corrected chi connectivity index (χ0v) is 10.8. The molecule has 12 heavy (non-hydrogen) atoms. The molecule has 1 aromatic rings. The van der Waals surface area contributed by atoms with E-state index in [0.29, 0.717) is 5.56 Å². The molecule has 0 aliphatic rings. The summed E-state index contributed by atoms with van der Waals surface area (Å²) in [6.45, 7) is 0. The van der Waals surface area contributed by atoms with Gasteiger partial charge in [0.1, 0.15) is 0 Å². The van der Waals surface area contributed by atoms with Gasteiger partial charge in [-0.15, -0.1) is 0 Å². The van der Waals surface area contributed by atoms with Crippen LogP contribution < -0.4 is 0 Å². The molecule has 1 nitrogen and oxygen atoms in total. The maximum Gasteiger partial charge on any atom is 0.252 e. The van der Waals surface area contributed by atoms with Gasteiger partial charge in [-0.3, -0.25) is 4.79 Å². The Morgan fingerprint density at radius 2 is 1.50 bits per heavy atom. The summed E-state index contributed by atoms with van der Waals surface area (Å²) in [5.41, 5.74) is 0.541. The second kappa shape index (κ2) is 9.37. The van der Waals surface area contributed by atoms with E-state index in [1.807, 2.05) is 6.07 Å². The number of halogens is 1. The van der Waals surface area contributed by atoms with Gasteiger partial charge in [0, 0.05) is 38.3 Å². The molecule has 0 aliphatic carbocycles. The van der Waals surface area contributed by atoms with E-state index >= 15 is 0 Å². The first-order valence-corrected chi connectivity index (χ1v) is 2.93. The number of hydrogen-bond acceptors (Lipinski definition) is 1. The first-order chi connectivity index (χ1) is 4.30. The second-order valence-corrected chi connectivity index (χ2v) is 1.98. The third-order valence-corrected chi connectivity index (χ3v) is 1.22. The van der Waals surface area contributed by atoms with Crippen molar-refractivity contribution in [2.45, 2.75) is 0 Å². The normalized spacial score (nSPS) is 6.75. The molecule has 0 fully saturated rings. The van der Waals surface area contributed by atoms with Crippen LogP contribution in [0.3, 0.4) is 0 Å². The van der Waals surface area contributed by atoms with Gasteiger partial charge < -0.3 is 14.9 Å². The van der Waals surface area contributed by atoms with Crippen molar-refractivity contribution in [2.75, 3.05) is 0 Å². The Morgan fingerprint density at radius 1 is 1.08 bits per heavy atom. The Balaban J connectivity index is -0.000000270. The summed E-state index contributed by atoms with van der Waals surface area (Å²) in [5, 5.41) is -0.407. The van der Waals surface area contributed by atoms with Crippen LogP contribution >= 0.6 is 11.6 Å². The summed E-state index contributed by atoms with van der Waals surface area (Å²) in [7, 11) is 0. The largest absolute Gasteiger partial charge is 0.358 e. The molecule has 0 atom stereocenters. The molecule has 0 N–H and O–H groups in total. The first kappa shape index (κ1) is 18.1. The predicted molar refractivity (Wildman–Crippen MR) is 49.5 cm³/mol. The van der Waals surface area contributed by atoms with Gasteiger partial charge in [0.25, 0.3) is 5.24 Å². The molecule has 0 unspecified atom stereocenters. The van der Waals surface area contributed by atoms with Crippen molar-refractivity contribution in [2.24, 2.45) is 0 Å². The summed E-state index contributed by atoms with van der Waals surface area (Å²) in [5.74, 6) is 0. The van der Waals surface area contributed by atoms with Gasteiger partial charge in [0.05, 0.1) is 0 Å². The standard InChI is InChI=1S/C7H5ClO.2CH3.Y/c8-7(9)6-4-2-1-3-5-6;;;/h1-5H;2*1H3;/q;2*-1;. The third-order valence-electron chi connectivity index (χ3n) is 1.00. The van der Waals surface area contributed by atoms with E-state index in [1.165, 1.54) is 0 Å². The van der Waals surface area contributed by atoms with Crippen molar-refractivity contribution in [3.63, 3.8) is 0 Å². The van der Waals surface area contributed by atoms with Crippen molar-refractivity contribution < 1.29 is 37.5 Å². The minimum Gasteiger partial charge on any atom is -0.358 e. The Hall–Kier alpha value is 0.284. The van der Waals surface area contributed by atoms with Crippen LogP contribution in [0.5, 0.6) is 0 Å². The van der Waals surface area contributed by atoms with Crippen molar-refractivity contribution in [1.29, 1.82) is 0 Å². The number of carbonyl (C=O) groups excluding carboxylic acids is 1. The molecule has 65 valence electrons. The van der Waals surface area contributed by atoms with E-state index in [1.54, 1.807) is 24.3 Å². The molecule has 0 saturated heterocycles. The molecular formula is C9H11ClOY-2. The van der Waals surface area contributed by atoms with Gasteiger partial charge in [-0.05, 0) is 11.6 Å². The topological polar surface area (TPSA) is 17.1 Å². The molecule has 1 rings (SSSR count). The monoisotopic (exact) mass is 259 g/mol. The molecule has 0 aliphatic heterocycles. The first-order valence-electron chi connectivity index (χ1n) is 2.55. The third kappa shape index (κ3) is 5.87. The molecule has 1 aromatic carbocycles. The van der Waals surface area contributed by atoms with E-state index in [0.717, 1.165) is 0 Å². The SMILES string of the molecule is O=C(Cl)c1ccccc1.[CH3-].[CH3-].[Y]. The minimum atomic E-state index is -0.407. The number of hydrogen-bond donors (Lipinski definition) is 0. The Morgan fingerprint density at radius 3 is 1.75 bits per heavy atom. The average Bonchev–Trinajstić information content (AvgIpc) is 1.90. The number of benzene rings is 1. The fourth-order valence-corrected chi connectivity index (χ4v) is 0.695. The van der Waals surface area contributed by atoms with Gasteiger partial charge in [-0.1, -0.05) is 30.3 Å². The summed E-state index contributed by atoms with van der Waals surface area (Å²) < 4.78 is 0. The van der Waals surface area contributed by atoms with E-state index < -0.39 is 5.24 Å². The van der Waals surface area contributed by atoms with Crippen LogP contribution in [0, 0.1) is 14.9 Å². The summed E-state index contributed by atoms with van der Waals surface area (Å²) in [6, 6.07) is 8.74. The Bertz CT molecular complexity index is 211. The van der Waals surface area contributed by atoms with Crippen molar-refractivity contribution in [3.05, 3.63) is 50.7 Å². The van der Waals surface area contributed by atoms with Crippen molar-refractivity contribution in [3.8, 4) is 0 Å². The zero-order chi connectivity index (χ0) is 6.69. The van der Waals surface area contributed by atoms with Crippen LogP contribution in [0.4, 0.5) is 0 Å². The molecular weight excluding hydrogens is 248 g/mol. The van der Waals surface area contributed by atoms with Gasteiger partial charge in [0.2, 0.25) is 0 Å². The quantitative estimate of drug-likeness (QED) is 0.560. The summed E-state index contributed by atoms with van der Waals surface area (Å²) in [6.07, 6.45) is 0. The van der Waals surface area contributed by atoms with Crippen molar-refractivity contribution >= 4 is 16.8 Å². The molecule has 1 radical (unpaired) electrons. The van der Waals surface area contributed by atoms with Crippen LogP contribution in [-0.2, 0) is 32.7 Å². The van der Waals surface area contributed by atoms with Gasteiger partial charge in [-0.25, -0.2) is 0 Å². The summed E-state index contributed by atoms with van der Waals surface area (Å²) >= 11 is 5.16. The number of rotatable bonds is 1. The smallest absolute Gasteiger partial charge is 0.252 e. The molecule has 0 saturated carbocycles. The van der Waals surface area contributed by atoms with Crippen LogP contribution in [0.2, 0.25) is 0 Å². The van der Waals surface area contributed by atoms with Crippen LogP contribution in [0.25, 0.3) is 0 Å². The van der Waals surface area contributed by atoms with E-state index in [-0.39, 0.29) is 47.6 Å². The predicted octanol–water partition coefficient (Wildman–Crippen LogP) is 2.96. The van der Waals surface area contributed by atoms with Crippen molar-refractivity contribution in [1.82, 2.24) is 0 Å². The van der Waals surface area contributed by atoms with Crippen LogP contribution in [0.1, 0.15) is 10.4 Å². The Kier molecular flexibility index (Phi) is 14.2. The van der Waals surface area contributed by atoms with Gasteiger partial charge in [-0.2, -0.15) is 0 Å². The fraction of sp³-hybridized carbons (Fsp3) is 0. The molecule has 0 aromatic heterocycles. The zero-order valence-electron chi connectivity index (χ0n) is 7.25. The summed E-state index contributed by atoms with van der Waals surface area (Å²) in [4.78, 5) is 10.4. The second-order valence-electron chi connectivity index (χ2n) is 1.64. The maximum absolute atomic E-state index is 10.4. The number of carbonyl (C=O) groups is 1. The van der Waals surface area contributed by atoms with E-state index in [2.05, 4.69) is 0 Å². The maximum atomic E-state index is 10.4. The van der Waals surface area contributed by atoms with E-state index in [4.69, 9.17) is 11.6 Å². The molecule has 3 heteroatoms. The van der Waals surface area contributed by atoms with E-state index in [9.17, 15) is 4.79 Å². The molecule has 0 heterocycles. The molecule has 0 amide bonds. The minimum absolute atomic E-state index is 0.